The van der Waals surface area contributed by atoms with Gasteiger partial charge in [-0.05, 0) is 17.7 Å². The van der Waals surface area contributed by atoms with Gasteiger partial charge in [0.1, 0.15) is 0 Å². The van der Waals surface area contributed by atoms with Crippen molar-refractivity contribution in [2.45, 2.75) is 12.3 Å². The van der Waals surface area contributed by atoms with Crippen LogP contribution in [0.2, 0.25) is 10.0 Å². The van der Waals surface area contributed by atoms with Crippen molar-refractivity contribution < 1.29 is 18.3 Å². The molecule has 6 heteroatoms. The fourth-order valence-electron chi connectivity index (χ4n) is 0.871. The van der Waals surface area contributed by atoms with Crippen molar-refractivity contribution >= 4 is 23.2 Å². The average Bonchev–Trinajstić information content (AvgIpc) is 2.07. The number of rotatable bonds is 1. The molecule has 1 N–H and O–H groups in total. The number of hydrogen-bond acceptors (Lipinski definition) is 1. The highest BCUT2D eigenvalue weighted by molar-refractivity contribution is 6.42. The molecule has 0 heterocycles. The van der Waals surface area contributed by atoms with Crippen molar-refractivity contribution in [3.05, 3.63) is 33.8 Å². The zero-order valence-electron chi connectivity index (χ0n) is 6.65. The lowest BCUT2D eigenvalue weighted by atomic mass is 10.1. The minimum atomic E-state index is -4.70. The summed E-state index contributed by atoms with van der Waals surface area (Å²) < 4.78 is 36.1. The second kappa shape index (κ2) is 3.96. The molecule has 0 aliphatic rings. The van der Waals surface area contributed by atoms with Crippen molar-refractivity contribution in [2.75, 3.05) is 0 Å². The number of hydrogen-bond donors (Lipinski definition) is 1. The van der Waals surface area contributed by atoms with Gasteiger partial charge in [0.2, 0.25) is 0 Å². The van der Waals surface area contributed by atoms with Crippen LogP contribution in [-0.4, -0.2) is 11.3 Å². The van der Waals surface area contributed by atoms with E-state index in [9.17, 15) is 13.2 Å². The van der Waals surface area contributed by atoms with Gasteiger partial charge in [0.05, 0.1) is 10.0 Å². The maximum absolute atomic E-state index is 12.0. The number of halogens is 5. The summed E-state index contributed by atoms with van der Waals surface area (Å²) in [4.78, 5) is 0. The van der Waals surface area contributed by atoms with Crippen LogP contribution in [0.25, 0.3) is 0 Å². The molecule has 0 fully saturated rings. The Morgan fingerprint density at radius 1 is 1.14 bits per heavy atom. The van der Waals surface area contributed by atoms with Crippen molar-refractivity contribution in [2.24, 2.45) is 0 Å². The summed E-state index contributed by atoms with van der Waals surface area (Å²) >= 11 is 11.0. The van der Waals surface area contributed by atoms with Crippen LogP contribution in [0.3, 0.4) is 0 Å². The van der Waals surface area contributed by atoms with Crippen molar-refractivity contribution in [3.8, 4) is 0 Å². The molecule has 0 aromatic heterocycles. The Labute approximate surface area is 88.1 Å². The van der Waals surface area contributed by atoms with Gasteiger partial charge < -0.3 is 5.11 Å². The molecule has 1 aromatic rings. The van der Waals surface area contributed by atoms with Crippen molar-refractivity contribution in [1.82, 2.24) is 0 Å². The van der Waals surface area contributed by atoms with Gasteiger partial charge >= 0.3 is 6.18 Å². The fourth-order valence-corrected chi connectivity index (χ4v) is 1.18. The standard InChI is InChI=1S/C8H5Cl2F3O/c9-5-2-1-4(3-6(5)10)7(14)8(11,12)13/h1-3,7,14H/t7-/m1/s1. The lowest BCUT2D eigenvalue weighted by Crippen LogP contribution is -2.20. The number of aliphatic hydroxyl groups is 1. The van der Waals surface area contributed by atoms with Gasteiger partial charge in [-0.3, -0.25) is 0 Å². The first kappa shape index (κ1) is 11.6. The molecule has 0 unspecified atom stereocenters. The Morgan fingerprint density at radius 3 is 2.14 bits per heavy atom. The van der Waals surface area contributed by atoms with E-state index in [2.05, 4.69) is 0 Å². The molecule has 14 heavy (non-hydrogen) atoms. The van der Waals surface area contributed by atoms with Gasteiger partial charge in [-0.1, -0.05) is 29.3 Å². The van der Waals surface area contributed by atoms with Gasteiger partial charge in [-0.25, -0.2) is 0 Å². The molecule has 0 aliphatic carbocycles. The van der Waals surface area contributed by atoms with Crippen LogP contribution in [0.15, 0.2) is 18.2 Å². The monoisotopic (exact) mass is 244 g/mol. The Hall–Kier alpha value is -0.450. The van der Waals surface area contributed by atoms with Crippen LogP contribution in [-0.2, 0) is 0 Å². The van der Waals surface area contributed by atoms with E-state index in [-0.39, 0.29) is 15.6 Å². The van der Waals surface area contributed by atoms with Crippen LogP contribution in [0.1, 0.15) is 11.7 Å². The first-order valence-electron chi connectivity index (χ1n) is 3.52. The maximum Gasteiger partial charge on any atom is 0.418 e. The summed E-state index contributed by atoms with van der Waals surface area (Å²) in [6.45, 7) is 0. The highest BCUT2D eigenvalue weighted by Crippen LogP contribution is 2.34. The molecule has 1 rings (SSSR count). The summed E-state index contributed by atoms with van der Waals surface area (Å²) in [6, 6.07) is 3.27. The molecule has 1 atom stereocenters. The second-order valence-corrected chi connectivity index (χ2v) is 3.43. The maximum atomic E-state index is 12.0. The van der Waals surface area contributed by atoms with Crippen LogP contribution in [0.4, 0.5) is 13.2 Å². The van der Waals surface area contributed by atoms with Gasteiger partial charge in [-0.15, -0.1) is 0 Å². The molecule has 0 radical (unpaired) electrons. The molecule has 1 nitrogen and oxygen atoms in total. The Kier molecular flexibility index (Phi) is 3.29. The highest BCUT2D eigenvalue weighted by Gasteiger charge is 2.39. The van der Waals surface area contributed by atoms with Gasteiger partial charge in [0, 0.05) is 0 Å². The van der Waals surface area contributed by atoms with E-state index in [0.717, 1.165) is 12.1 Å². The van der Waals surface area contributed by atoms with Crippen LogP contribution >= 0.6 is 23.2 Å². The molecule has 0 aliphatic heterocycles. The third-order valence-corrected chi connectivity index (χ3v) is 2.31. The van der Waals surface area contributed by atoms with Gasteiger partial charge in [0.15, 0.2) is 6.10 Å². The van der Waals surface area contributed by atoms with Crippen LogP contribution in [0.5, 0.6) is 0 Å². The molecule has 0 spiro atoms. The Balaban J connectivity index is 3.03. The normalized spacial score (nSPS) is 14.1. The lowest BCUT2D eigenvalue weighted by molar-refractivity contribution is -0.206. The fraction of sp³-hybridized carbons (Fsp3) is 0.250. The molecule has 1 aromatic carbocycles. The van der Waals surface area contributed by atoms with E-state index < -0.39 is 12.3 Å². The van der Waals surface area contributed by atoms with Crippen LogP contribution in [0, 0.1) is 0 Å². The first-order chi connectivity index (χ1) is 6.32. The van der Waals surface area contributed by atoms with E-state index in [1.807, 2.05) is 0 Å². The molecule has 0 saturated carbocycles. The molecule has 78 valence electrons. The zero-order valence-corrected chi connectivity index (χ0v) is 8.16. The van der Waals surface area contributed by atoms with E-state index in [0.29, 0.717) is 0 Å². The van der Waals surface area contributed by atoms with E-state index >= 15 is 0 Å². The topological polar surface area (TPSA) is 20.2 Å². The summed E-state index contributed by atoms with van der Waals surface area (Å²) in [7, 11) is 0. The summed E-state index contributed by atoms with van der Waals surface area (Å²) in [5.74, 6) is 0. The predicted octanol–water partition coefficient (Wildman–Crippen LogP) is 3.59. The Morgan fingerprint density at radius 2 is 1.71 bits per heavy atom. The molecular weight excluding hydrogens is 240 g/mol. The summed E-state index contributed by atoms with van der Waals surface area (Å²) in [5.41, 5.74) is -0.327. The quantitative estimate of drug-likeness (QED) is 0.801. The summed E-state index contributed by atoms with van der Waals surface area (Å²) in [5, 5.41) is 8.97. The molecule has 0 bridgehead atoms. The van der Waals surface area contributed by atoms with Crippen molar-refractivity contribution in [3.63, 3.8) is 0 Å². The van der Waals surface area contributed by atoms with E-state index in [4.69, 9.17) is 28.3 Å². The summed E-state index contributed by atoms with van der Waals surface area (Å²) in [6.07, 6.45) is -7.23. The predicted molar refractivity (Wildman–Crippen MR) is 47.5 cm³/mol. The minimum absolute atomic E-state index is 0.0209. The van der Waals surface area contributed by atoms with Gasteiger partial charge in [0.25, 0.3) is 0 Å². The molecular formula is C8H5Cl2F3O. The molecule has 0 saturated heterocycles. The van der Waals surface area contributed by atoms with Gasteiger partial charge in [-0.2, -0.15) is 13.2 Å². The van der Waals surface area contributed by atoms with E-state index in [1.54, 1.807) is 0 Å². The number of benzene rings is 1. The third-order valence-electron chi connectivity index (χ3n) is 1.57. The largest absolute Gasteiger partial charge is 0.418 e. The average molecular weight is 245 g/mol. The van der Waals surface area contributed by atoms with E-state index in [1.165, 1.54) is 6.07 Å². The van der Waals surface area contributed by atoms with Crippen LogP contribution < -0.4 is 0 Å². The van der Waals surface area contributed by atoms with Crippen molar-refractivity contribution in [1.29, 1.82) is 0 Å². The Bertz CT molecular complexity index is 338. The highest BCUT2D eigenvalue weighted by atomic mass is 35.5. The SMILES string of the molecule is O[C@H](c1ccc(Cl)c(Cl)c1)C(F)(F)F. The smallest absolute Gasteiger partial charge is 0.379 e. The first-order valence-corrected chi connectivity index (χ1v) is 4.27. The second-order valence-electron chi connectivity index (χ2n) is 2.62. The lowest BCUT2D eigenvalue weighted by Gasteiger charge is -2.14. The molecule has 0 amide bonds. The minimum Gasteiger partial charge on any atom is -0.379 e. The number of aliphatic hydroxyl groups excluding tert-OH is 1. The third kappa shape index (κ3) is 2.53. The zero-order chi connectivity index (χ0) is 10.9. The number of alkyl halides is 3.